The Morgan fingerprint density at radius 2 is 1.00 bits per heavy atom. The van der Waals surface area contributed by atoms with Crippen molar-refractivity contribution >= 4 is 0 Å². The van der Waals surface area contributed by atoms with E-state index in [1.165, 1.54) is 0 Å². The molecule has 0 aromatic rings. The van der Waals surface area contributed by atoms with E-state index in [2.05, 4.69) is 0 Å². The first kappa shape index (κ1) is 28.9. The molecule has 0 fully saturated rings. The molecule has 0 saturated carbocycles. The topological polar surface area (TPSA) is 0 Å². The summed E-state index contributed by atoms with van der Waals surface area (Å²) in [4.78, 5) is 0. The van der Waals surface area contributed by atoms with E-state index in [4.69, 9.17) is 0 Å². The van der Waals surface area contributed by atoms with Crippen molar-refractivity contribution < 1.29 is 86.9 Å². The zero-order valence-corrected chi connectivity index (χ0v) is 11.0. The predicted molar refractivity (Wildman–Crippen MR) is 0 cm³/mol. The van der Waals surface area contributed by atoms with Gasteiger partial charge in [0.1, 0.15) is 0 Å². The van der Waals surface area contributed by atoms with Crippen molar-refractivity contribution in [2.45, 2.75) is 0 Å². The molecule has 4 heteroatoms. The maximum absolute atomic E-state index is 0. The summed E-state index contributed by atoms with van der Waals surface area (Å²) in [6.45, 7) is 0. The van der Waals surface area contributed by atoms with E-state index in [1.54, 1.807) is 0 Å². The maximum Gasteiger partial charge on any atom is 0 e. The molecule has 0 nitrogen and oxygen atoms in total. The summed E-state index contributed by atoms with van der Waals surface area (Å²) in [6.07, 6.45) is 0. The van der Waals surface area contributed by atoms with Gasteiger partial charge in [-0.25, -0.2) is 0 Å². The SMILES string of the molecule is [Ir].[Rh].[W].[Zr]. The second-order valence-corrected chi connectivity index (χ2v) is 0. The molecule has 0 N–H and O–H groups in total. The molecule has 0 saturated heterocycles. The molecule has 0 aliphatic carbocycles. The van der Waals surface area contributed by atoms with Crippen molar-refractivity contribution in [3.63, 3.8) is 0 Å². The quantitative estimate of drug-likeness (QED) is 0.360. The van der Waals surface area contributed by atoms with E-state index in [0.29, 0.717) is 0 Å². The smallest absolute Gasteiger partial charge is 0 e. The molecule has 0 amide bonds. The van der Waals surface area contributed by atoms with Crippen molar-refractivity contribution in [1.82, 2.24) is 0 Å². The third kappa shape index (κ3) is 8.85. The summed E-state index contributed by atoms with van der Waals surface area (Å²) in [5.41, 5.74) is 0. The Morgan fingerprint density at radius 3 is 1.00 bits per heavy atom. The average molecular weight is 570 g/mol. The van der Waals surface area contributed by atoms with Gasteiger partial charge in [-0.1, -0.05) is 0 Å². The van der Waals surface area contributed by atoms with Gasteiger partial charge in [0.05, 0.1) is 0 Å². The van der Waals surface area contributed by atoms with E-state index in [-0.39, 0.29) is 86.9 Å². The van der Waals surface area contributed by atoms with Gasteiger partial charge in [-0.3, -0.25) is 0 Å². The molecule has 0 unspecified atom stereocenters. The molecule has 0 aliphatic rings. The van der Waals surface area contributed by atoms with Gasteiger partial charge >= 0.3 is 0 Å². The standard InChI is InChI=1S/Ir.Rh.W.Zr. The minimum atomic E-state index is 0. The van der Waals surface area contributed by atoms with Crippen molar-refractivity contribution in [2.24, 2.45) is 0 Å². The fourth-order valence-electron chi connectivity index (χ4n) is 0. The molecule has 0 aromatic heterocycles. The van der Waals surface area contributed by atoms with Crippen LogP contribution in [0.5, 0.6) is 0 Å². The molecule has 0 heterocycles. The molecule has 2 radical (unpaired) electrons. The fourth-order valence-corrected chi connectivity index (χ4v) is 0. The maximum atomic E-state index is 0. The van der Waals surface area contributed by atoms with E-state index in [1.807, 2.05) is 0 Å². The summed E-state index contributed by atoms with van der Waals surface area (Å²) in [6, 6.07) is 0. The van der Waals surface area contributed by atoms with Crippen molar-refractivity contribution in [1.29, 1.82) is 0 Å². The fraction of sp³-hybridized carbons (Fsp3) is 0. The van der Waals surface area contributed by atoms with Crippen molar-refractivity contribution in [2.75, 3.05) is 0 Å². The van der Waals surface area contributed by atoms with Gasteiger partial charge in [0.15, 0.2) is 0 Å². The molecule has 0 rings (SSSR count). The number of hydrogen-bond acceptors (Lipinski definition) is 0. The molecule has 0 bridgehead atoms. The van der Waals surface area contributed by atoms with Gasteiger partial charge in [0.25, 0.3) is 0 Å². The molecule has 0 atom stereocenters. The van der Waals surface area contributed by atoms with E-state index >= 15 is 0 Å². The van der Waals surface area contributed by atoms with Crippen LogP contribution in [-0.4, -0.2) is 0 Å². The first-order chi connectivity index (χ1) is 0. The zero-order valence-electron chi connectivity index (χ0n) is 1.57. The third-order valence-electron chi connectivity index (χ3n) is 0. The van der Waals surface area contributed by atoms with E-state index < -0.39 is 0 Å². The predicted octanol–water partition coefficient (Wildman–Crippen LogP) is -0.0100. The second kappa shape index (κ2) is 17.0. The Morgan fingerprint density at radius 1 is 1.00 bits per heavy atom. The molecule has 4 heavy (non-hydrogen) atoms. The monoisotopic (exact) mass is 570 g/mol. The molecule has 0 aromatic carbocycles. The Hall–Kier alpha value is 2.84. The number of hydrogen-bond donors (Lipinski definition) is 0. The Balaban J connectivity index is 0. The van der Waals surface area contributed by atoms with Crippen LogP contribution in [-0.2, 0) is 86.9 Å². The van der Waals surface area contributed by atoms with E-state index in [0.717, 1.165) is 0 Å². The first-order valence-corrected chi connectivity index (χ1v) is 0. The van der Waals surface area contributed by atoms with E-state index in [9.17, 15) is 0 Å². The van der Waals surface area contributed by atoms with Crippen LogP contribution in [0.1, 0.15) is 0 Å². The van der Waals surface area contributed by atoms with Crippen LogP contribution in [0.2, 0.25) is 0 Å². The van der Waals surface area contributed by atoms with Gasteiger partial charge < -0.3 is 0 Å². The normalized spacial score (nSPS) is 0. The van der Waals surface area contributed by atoms with Crippen molar-refractivity contribution in [3.05, 3.63) is 0 Å². The van der Waals surface area contributed by atoms with Gasteiger partial charge in [-0.2, -0.15) is 0 Å². The average Bonchev–Trinajstić information content (AvgIpc) is 0. The van der Waals surface area contributed by atoms with Gasteiger partial charge in [0.2, 0.25) is 0 Å². The van der Waals surface area contributed by atoms with Crippen LogP contribution in [0, 0.1) is 0 Å². The molecular formula is IrRhWZr. The van der Waals surface area contributed by atoms with Gasteiger partial charge in [-0.15, -0.1) is 0 Å². The largest absolute Gasteiger partial charge is 0 e. The molecule has 28 valence electrons. The zero-order chi connectivity index (χ0) is 0. The summed E-state index contributed by atoms with van der Waals surface area (Å²) in [7, 11) is 0. The second-order valence-electron chi connectivity index (χ2n) is 0. The summed E-state index contributed by atoms with van der Waals surface area (Å²) >= 11 is 0. The Bertz CT molecular complexity index is 8.00. The van der Waals surface area contributed by atoms with Gasteiger partial charge in [-0.05, 0) is 0 Å². The van der Waals surface area contributed by atoms with Crippen LogP contribution in [0.3, 0.4) is 0 Å². The van der Waals surface area contributed by atoms with Crippen LogP contribution >= 0.6 is 0 Å². The van der Waals surface area contributed by atoms with Crippen LogP contribution in [0.4, 0.5) is 0 Å². The Kier molecular flexibility index (Phi) is 122. The molecular weight excluding hydrogens is 570 g/mol. The Labute approximate surface area is 85.4 Å². The van der Waals surface area contributed by atoms with Crippen LogP contribution in [0.25, 0.3) is 0 Å². The summed E-state index contributed by atoms with van der Waals surface area (Å²) < 4.78 is 0. The number of rotatable bonds is 0. The van der Waals surface area contributed by atoms with Crippen LogP contribution in [0.15, 0.2) is 0 Å². The van der Waals surface area contributed by atoms with Crippen LogP contribution < -0.4 is 0 Å². The minimum absolute atomic E-state index is 0. The van der Waals surface area contributed by atoms with Gasteiger partial charge in [0, 0.05) is 86.9 Å². The minimum Gasteiger partial charge on any atom is 0 e. The molecule has 0 aliphatic heterocycles. The first-order valence-electron chi connectivity index (χ1n) is 0. The van der Waals surface area contributed by atoms with Crippen molar-refractivity contribution in [3.8, 4) is 0 Å². The molecule has 0 spiro atoms. The summed E-state index contributed by atoms with van der Waals surface area (Å²) in [5.74, 6) is 0. The summed E-state index contributed by atoms with van der Waals surface area (Å²) in [5, 5.41) is 0. The third-order valence-corrected chi connectivity index (χ3v) is 0.